The molecule has 1 N–H and O–H groups in total. The Kier molecular flexibility index (Phi) is 5.07. The minimum Gasteiger partial charge on any atom is -0.512 e. The maximum Gasteiger partial charge on any atom is 0.320 e. The summed E-state index contributed by atoms with van der Waals surface area (Å²) < 4.78 is 4.83. The number of Topliss-reactive ketones (excluding diaryl/α,β-unsaturated/α-hetero) is 2. The predicted molar refractivity (Wildman–Crippen MR) is 63.9 cm³/mol. The highest BCUT2D eigenvalue weighted by Gasteiger charge is 2.39. The van der Waals surface area contributed by atoms with Gasteiger partial charge in [0.25, 0.3) is 0 Å². The number of aliphatic hydroxyl groups excluding tert-OH is 1. The second-order valence-electron chi connectivity index (χ2n) is 4.27. The topological polar surface area (TPSA) is 80.7 Å². The fraction of sp³-hybridized carbons (Fsp3) is 0.615. The Bertz CT molecular complexity index is 394. The first-order chi connectivity index (χ1) is 8.51. The van der Waals surface area contributed by atoms with Gasteiger partial charge in [-0.15, -0.1) is 0 Å². The van der Waals surface area contributed by atoms with Gasteiger partial charge in [0, 0.05) is 12.8 Å². The number of hydrogen-bond donors (Lipinski definition) is 1. The first-order valence-electron chi connectivity index (χ1n) is 6.13. The summed E-state index contributed by atoms with van der Waals surface area (Å²) in [5, 5.41) is 9.86. The van der Waals surface area contributed by atoms with Crippen LogP contribution in [0.4, 0.5) is 0 Å². The van der Waals surface area contributed by atoms with Crippen molar-refractivity contribution < 1.29 is 24.2 Å². The number of esters is 1. The third-order valence-electron chi connectivity index (χ3n) is 2.81. The van der Waals surface area contributed by atoms with Crippen LogP contribution in [-0.4, -0.2) is 29.2 Å². The summed E-state index contributed by atoms with van der Waals surface area (Å²) in [6, 6.07) is 0. The largest absolute Gasteiger partial charge is 0.512 e. The number of ketones is 2. The summed E-state index contributed by atoms with van der Waals surface area (Å²) in [6.07, 6.45) is 0.729. The first-order valence-corrected chi connectivity index (χ1v) is 6.13. The normalized spacial score (nSPS) is 22.9. The fourth-order valence-corrected chi connectivity index (χ4v) is 2.03. The lowest BCUT2D eigenvalue weighted by Gasteiger charge is -2.23. The molecule has 1 aliphatic rings. The average molecular weight is 254 g/mol. The molecule has 0 radical (unpaired) electrons. The Hall–Kier alpha value is -1.65. The van der Waals surface area contributed by atoms with Crippen LogP contribution in [0.1, 0.15) is 39.5 Å². The van der Waals surface area contributed by atoms with Crippen molar-refractivity contribution in [1.29, 1.82) is 0 Å². The van der Waals surface area contributed by atoms with Gasteiger partial charge in [0.1, 0.15) is 11.7 Å². The zero-order valence-electron chi connectivity index (χ0n) is 10.7. The van der Waals surface area contributed by atoms with Gasteiger partial charge in [-0.25, -0.2) is 0 Å². The number of ether oxygens (including phenoxy) is 1. The molecule has 0 aromatic heterocycles. The maximum absolute atomic E-state index is 11.8. The lowest BCUT2D eigenvalue weighted by molar-refractivity contribution is -0.151. The molecule has 0 bridgehead atoms. The van der Waals surface area contributed by atoms with Crippen molar-refractivity contribution >= 4 is 17.5 Å². The third-order valence-corrected chi connectivity index (χ3v) is 2.81. The maximum atomic E-state index is 11.8. The lowest BCUT2D eigenvalue weighted by atomic mass is 9.81. The van der Waals surface area contributed by atoms with Crippen LogP contribution in [0, 0.1) is 5.92 Å². The summed E-state index contributed by atoms with van der Waals surface area (Å²) in [5.41, 5.74) is 0.219. The van der Waals surface area contributed by atoms with Gasteiger partial charge in [-0.05, 0) is 18.9 Å². The molecule has 0 saturated heterocycles. The standard InChI is InChI=1S/C13H18O5/c1-3-5-10(15)9-6-8(14)7-11(16)12(9)13(17)18-4-2/h12,15H,3-7H2,1-2H3/b10-9-. The molecule has 0 heterocycles. The summed E-state index contributed by atoms with van der Waals surface area (Å²) in [4.78, 5) is 34.9. The van der Waals surface area contributed by atoms with Gasteiger partial charge in [-0.2, -0.15) is 0 Å². The number of hydrogen-bond acceptors (Lipinski definition) is 5. The first kappa shape index (κ1) is 14.4. The van der Waals surface area contributed by atoms with E-state index in [-0.39, 0.29) is 36.6 Å². The zero-order chi connectivity index (χ0) is 13.7. The van der Waals surface area contributed by atoms with Crippen LogP contribution in [-0.2, 0) is 19.1 Å². The van der Waals surface area contributed by atoms with Gasteiger partial charge in [0.2, 0.25) is 0 Å². The molecule has 1 fully saturated rings. The van der Waals surface area contributed by atoms with E-state index in [1.807, 2.05) is 6.92 Å². The number of rotatable bonds is 4. The van der Waals surface area contributed by atoms with Crippen LogP contribution in [0.3, 0.4) is 0 Å². The number of carbonyl (C=O) groups is 3. The molecule has 18 heavy (non-hydrogen) atoms. The van der Waals surface area contributed by atoms with E-state index in [1.54, 1.807) is 6.92 Å². The van der Waals surface area contributed by atoms with Crippen molar-refractivity contribution in [2.45, 2.75) is 39.5 Å². The smallest absolute Gasteiger partial charge is 0.320 e. The Labute approximate surface area is 106 Å². The fourth-order valence-electron chi connectivity index (χ4n) is 2.03. The summed E-state index contributed by atoms with van der Waals surface area (Å²) in [7, 11) is 0. The molecule has 1 atom stereocenters. The van der Waals surface area contributed by atoms with Crippen molar-refractivity contribution in [2.24, 2.45) is 5.92 Å². The Morgan fingerprint density at radius 3 is 2.56 bits per heavy atom. The molecule has 1 unspecified atom stereocenters. The van der Waals surface area contributed by atoms with Gasteiger partial charge in [-0.1, -0.05) is 6.92 Å². The zero-order valence-corrected chi connectivity index (χ0v) is 10.7. The van der Waals surface area contributed by atoms with Crippen LogP contribution in [0.25, 0.3) is 0 Å². The highest BCUT2D eigenvalue weighted by atomic mass is 16.5. The van der Waals surface area contributed by atoms with Crippen LogP contribution < -0.4 is 0 Å². The monoisotopic (exact) mass is 254 g/mol. The predicted octanol–water partition coefficient (Wildman–Crippen LogP) is 1.71. The van der Waals surface area contributed by atoms with E-state index in [4.69, 9.17) is 4.74 Å². The van der Waals surface area contributed by atoms with Crippen LogP contribution >= 0.6 is 0 Å². The van der Waals surface area contributed by atoms with Crippen molar-refractivity contribution in [3.05, 3.63) is 11.3 Å². The van der Waals surface area contributed by atoms with Crippen molar-refractivity contribution in [3.8, 4) is 0 Å². The van der Waals surface area contributed by atoms with E-state index in [0.29, 0.717) is 12.8 Å². The molecule has 5 heteroatoms. The highest BCUT2D eigenvalue weighted by molar-refractivity contribution is 6.13. The molecular weight excluding hydrogens is 236 g/mol. The second kappa shape index (κ2) is 6.33. The van der Waals surface area contributed by atoms with E-state index < -0.39 is 17.7 Å². The third kappa shape index (κ3) is 3.18. The lowest BCUT2D eigenvalue weighted by Crippen LogP contribution is -2.35. The van der Waals surface area contributed by atoms with Gasteiger partial charge < -0.3 is 9.84 Å². The van der Waals surface area contributed by atoms with Crippen molar-refractivity contribution in [1.82, 2.24) is 0 Å². The summed E-state index contributed by atoms with van der Waals surface area (Å²) in [6.45, 7) is 3.67. The molecule has 0 aromatic carbocycles. The molecule has 5 nitrogen and oxygen atoms in total. The quantitative estimate of drug-likeness (QED) is 0.469. The van der Waals surface area contributed by atoms with Crippen molar-refractivity contribution in [3.63, 3.8) is 0 Å². The van der Waals surface area contributed by atoms with E-state index in [0.717, 1.165) is 0 Å². The van der Waals surface area contributed by atoms with Crippen molar-refractivity contribution in [2.75, 3.05) is 6.61 Å². The molecule has 0 spiro atoms. The Balaban J connectivity index is 3.07. The van der Waals surface area contributed by atoms with Gasteiger partial charge in [-0.3, -0.25) is 14.4 Å². The molecule has 100 valence electrons. The number of aliphatic hydroxyl groups is 1. The van der Waals surface area contributed by atoms with Gasteiger partial charge in [0.15, 0.2) is 5.78 Å². The summed E-state index contributed by atoms with van der Waals surface area (Å²) >= 11 is 0. The molecular formula is C13H18O5. The number of allylic oxidation sites excluding steroid dienone is 1. The van der Waals surface area contributed by atoms with Crippen LogP contribution in [0.5, 0.6) is 0 Å². The minimum atomic E-state index is -1.10. The highest BCUT2D eigenvalue weighted by Crippen LogP contribution is 2.29. The van der Waals surface area contributed by atoms with Gasteiger partial charge >= 0.3 is 5.97 Å². The average Bonchev–Trinajstić information content (AvgIpc) is 2.28. The SMILES string of the molecule is CCC/C(O)=C1\CC(=O)CC(=O)C1C(=O)OCC. The van der Waals surface area contributed by atoms with E-state index in [1.165, 1.54) is 0 Å². The van der Waals surface area contributed by atoms with E-state index in [9.17, 15) is 19.5 Å². The molecule has 0 aliphatic heterocycles. The second-order valence-corrected chi connectivity index (χ2v) is 4.27. The van der Waals surface area contributed by atoms with Gasteiger partial charge in [0.05, 0.1) is 18.8 Å². The molecule has 1 rings (SSSR count). The molecule has 0 amide bonds. The molecule has 0 aromatic rings. The molecule has 1 aliphatic carbocycles. The van der Waals surface area contributed by atoms with Crippen LogP contribution in [0.15, 0.2) is 11.3 Å². The summed E-state index contributed by atoms with van der Waals surface area (Å²) in [5.74, 6) is -2.56. The molecule has 1 saturated carbocycles. The van der Waals surface area contributed by atoms with E-state index in [2.05, 4.69) is 0 Å². The number of carbonyl (C=O) groups excluding carboxylic acids is 3. The minimum absolute atomic E-state index is 0.0306. The van der Waals surface area contributed by atoms with E-state index >= 15 is 0 Å². The Morgan fingerprint density at radius 1 is 1.33 bits per heavy atom. The Morgan fingerprint density at radius 2 is 2.00 bits per heavy atom. The van der Waals surface area contributed by atoms with Crippen LogP contribution in [0.2, 0.25) is 0 Å².